The van der Waals surface area contributed by atoms with Crippen molar-refractivity contribution >= 4 is 26.7 Å². The standard InChI is InChI=1S/C26H35N3O5S/c1-7-28-21-13-12-20(15-22(21)29(8-2)25(28)30)35(31,32)27-19-11-9-10-18(14-19)24-33-16-26(5,6)23(34-24)17(3)4/h9-15,17,23-24,27H,7-8,16H2,1-6H3. The number of benzene rings is 2. The van der Waals surface area contributed by atoms with Crippen molar-refractivity contribution in [3.05, 3.63) is 58.5 Å². The molecule has 9 heteroatoms. The van der Waals surface area contributed by atoms with E-state index in [2.05, 4.69) is 32.4 Å². The van der Waals surface area contributed by atoms with Crippen LogP contribution in [-0.4, -0.2) is 30.3 Å². The van der Waals surface area contributed by atoms with Gasteiger partial charge in [0.25, 0.3) is 10.0 Å². The van der Waals surface area contributed by atoms with Gasteiger partial charge in [0, 0.05) is 29.8 Å². The Morgan fingerprint density at radius 1 is 1.06 bits per heavy atom. The van der Waals surface area contributed by atoms with E-state index in [1.807, 2.05) is 19.9 Å². The maximum Gasteiger partial charge on any atom is 0.329 e. The molecule has 0 amide bonds. The van der Waals surface area contributed by atoms with Crippen molar-refractivity contribution in [2.75, 3.05) is 11.3 Å². The van der Waals surface area contributed by atoms with E-state index < -0.39 is 16.3 Å². The number of nitrogens with one attached hydrogen (secondary N) is 1. The number of aromatic nitrogens is 2. The molecule has 3 aromatic rings. The SMILES string of the molecule is CCn1c(=O)n(CC)c2cc(S(=O)(=O)Nc3cccc(C4OCC(C)(C)C(C(C)C)O4)c3)ccc21. The Kier molecular flexibility index (Phi) is 6.87. The summed E-state index contributed by atoms with van der Waals surface area (Å²) in [7, 11) is -3.89. The van der Waals surface area contributed by atoms with E-state index >= 15 is 0 Å². The van der Waals surface area contributed by atoms with E-state index in [0.717, 1.165) is 11.1 Å². The van der Waals surface area contributed by atoms with Gasteiger partial charge < -0.3 is 9.47 Å². The molecule has 0 saturated carbocycles. The molecule has 1 aliphatic heterocycles. The summed E-state index contributed by atoms with van der Waals surface area (Å²) in [5.74, 6) is 0.316. The first-order valence-electron chi connectivity index (χ1n) is 12.1. The third-order valence-corrected chi connectivity index (χ3v) is 7.98. The fourth-order valence-electron chi connectivity index (χ4n) is 5.00. The van der Waals surface area contributed by atoms with Crippen LogP contribution in [0.2, 0.25) is 0 Å². The zero-order valence-electron chi connectivity index (χ0n) is 21.2. The predicted octanol–water partition coefficient (Wildman–Crippen LogP) is 4.74. The number of nitrogens with zero attached hydrogens (tertiary/aromatic N) is 2. The number of imidazole rings is 1. The van der Waals surface area contributed by atoms with Crippen LogP contribution < -0.4 is 10.4 Å². The van der Waals surface area contributed by atoms with E-state index in [9.17, 15) is 13.2 Å². The van der Waals surface area contributed by atoms with E-state index in [0.29, 0.717) is 36.8 Å². The Hall–Kier alpha value is -2.62. The molecule has 2 atom stereocenters. The van der Waals surface area contributed by atoms with Gasteiger partial charge in [0.1, 0.15) is 0 Å². The van der Waals surface area contributed by atoms with Gasteiger partial charge in [-0.1, -0.05) is 39.8 Å². The average Bonchev–Trinajstić information content (AvgIpc) is 3.08. The number of ether oxygens (including phenoxy) is 2. The predicted molar refractivity (Wildman–Crippen MR) is 137 cm³/mol. The van der Waals surface area contributed by atoms with Crippen molar-refractivity contribution in [1.82, 2.24) is 9.13 Å². The highest BCUT2D eigenvalue weighted by Crippen LogP contribution is 2.40. The summed E-state index contributed by atoms with van der Waals surface area (Å²) in [4.78, 5) is 12.7. The van der Waals surface area contributed by atoms with Crippen LogP contribution in [0.5, 0.6) is 0 Å². The average molecular weight is 502 g/mol. The maximum absolute atomic E-state index is 13.3. The molecule has 0 bridgehead atoms. The monoisotopic (exact) mass is 501 g/mol. The van der Waals surface area contributed by atoms with E-state index in [4.69, 9.17) is 9.47 Å². The Morgan fingerprint density at radius 3 is 2.40 bits per heavy atom. The molecule has 1 aliphatic rings. The molecule has 8 nitrogen and oxygen atoms in total. The van der Waals surface area contributed by atoms with Crippen molar-refractivity contribution < 1.29 is 17.9 Å². The zero-order chi connectivity index (χ0) is 25.5. The molecule has 35 heavy (non-hydrogen) atoms. The molecule has 0 radical (unpaired) electrons. The highest BCUT2D eigenvalue weighted by molar-refractivity contribution is 7.92. The lowest BCUT2D eigenvalue weighted by Gasteiger charge is -2.44. The Labute approximate surface area is 206 Å². The molecule has 190 valence electrons. The van der Waals surface area contributed by atoms with Crippen LogP contribution in [-0.2, 0) is 32.6 Å². The van der Waals surface area contributed by atoms with Gasteiger partial charge in [-0.05, 0) is 50.1 Å². The van der Waals surface area contributed by atoms with Crippen LogP contribution in [0.25, 0.3) is 11.0 Å². The van der Waals surface area contributed by atoms with Crippen molar-refractivity contribution in [1.29, 1.82) is 0 Å². The largest absolute Gasteiger partial charge is 0.348 e. The van der Waals surface area contributed by atoms with Gasteiger partial charge in [0.2, 0.25) is 0 Å². The second kappa shape index (κ2) is 9.44. The first kappa shape index (κ1) is 25.5. The smallest absolute Gasteiger partial charge is 0.329 e. The van der Waals surface area contributed by atoms with E-state index in [-0.39, 0.29) is 22.1 Å². The van der Waals surface area contributed by atoms with Gasteiger partial charge in [-0.25, -0.2) is 13.2 Å². The summed E-state index contributed by atoms with van der Waals surface area (Å²) < 4.78 is 44.7. The second-order valence-corrected chi connectivity index (χ2v) is 11.8. The van der Waals surface area contributed by atoms with Crippen molar-refractivity contribution in [3.63, 3.8) is 0 Å². The van der Waals surface area contributed by atoms with Crippen molar-refractivity contribution in [2.45, 2.75) is 71.9 Å². The van der Waals surface area contributed by atoms with Crippen LogP contribution in [0.3, 0.4) is 0 Å². The molecule has 1 saturated heterocycles. The lowest BCUT2D eigenvalue weighted by molar-refractivity contribution is -0.274. The van der Waals surface area contributed by atoms with E-state index in [1.165, 1.54) is 6.07 Å². The molecule has 1 aromatic heterocycles. The fourth-order valence-corrected chi connectivity index (χ4v) is 6.07. The summed E-state index contributed by atoms with van der Waals surface area (Å²) in [6.07, 6.45) is -0.552. The van der Waals surface area contributed by atoms with Gasteiger partial charge >= 0.3 is 5.69 Å². The van der Waals surface area contributed by atoms with Crippen LogP contribution in [0.1, 0.15) is 53.4 Å². The highest BCUT2D eigenvalue weighted by Gasteiger charge is 2.40. The molecular weight excluding hydrogens is 466 g/mol. The van der Waals surface area contributed by atoms with Crippen molar-refractivity contribution in [2.24, 2.45) is 11.3 Å². The molecule has 4 rings (SSSR count). The fraction of sp³-hybridized carbons (Fsp3) is 0.500. The summed E-state index contributed by atoms with van der Waals surface area (Å²) in [6, 6.07) is 11.9. The Bertz CT molecular complexity index is 1390. The van der Waals surface area contributed by atoms with Gasteiger partial charge in [0.05, 0.1) is 28.6 Å². The summed E-state index contributed by atoms with van der Waals surface area (Å²) in [5.41, 5.74) is 2.23. The number of hydrogen-bond acceptors (Lipinski definition) is 5. The van der Waals surface area contributed by atoms with Crippen LogP contribution in [0, 0.1) is 11.3 Å². The van der Waals surface area contributed by atoms with Crippen LogP contribution in [0.15, 0.2) is 52.2 Å². The minimum Gasteiger partial charge on any atom is -0.348 e. The lowest BCUT2D eigenvalue weighted by atomic mass is 9.80. The number of sulfonamides is 1. The molecule has 2 unspecified atom stereocenters. The molecule has 0 spiro atoms. The van der Waals surface area contributed by atoms with E-state index in [1.54, 1.807) is 39.5 Å². The topological polar surface area (TPSA) is 91.6 Å². The third kappa shape index (κ3) is 4.77. The number of rotatable bonds is 7. The molecular formula is C26H35N3O5S. The number of aryl methyl sites for hydroxylation is 2. The maximum atomic E-state index is 13.3. The minimum atomic E-state index is -3.89. The van der Waals surface area contributed by atoms with Gasteiger partial charge in [0.15, 0.2) is 6.29 Å². The Balaban J connectivity index is 1.62. The zero-order valence-corrected chi connectivity index (χ0v) is 22.1. The third-order valence-electron chi connectivity index (χ3n) is 6.60. The summed E-state index contributed by atoms with van der Waals surface area (Å²) >= 11 is 0. The van der Waals surface area contributed by atoms with Crippen LogP contribution in [0.4, 0.5) is 5.69 Å². The molecule has 0 aliphatic carbocycles. The first-order valence-corrected chi connectivity index (χ1v) is 13.6. The van der Waals surface area contributed by atoms with Crippen molar-refractivity contribution in [3.8, 4) is 0 Å². The van der Waals surface area contributed by atoms with Crippen LogP contribution >= 0.6 is 0 Å². The molecule has 1 fully saturated rings. The van der Waals surface area contributed by atoms with Gasteiger partial charge in [-0.2, -0.15) is 0 Å². The Morgan fingerprint density at radius 2 is 1.74 bits per heavy atom. The van der Waals surface area contributed by atoms with Gasteiger partial charge in [-0.3, -0.25) is 13.9 Å². The number of anilines is 1. The minimum absolute atomic E-state index is 0.0138. The highest BCUT2D eigenvalue weighted by atomic mass is 32.2. The quantitative estimate of drug-likeness (QED) is 0.505. The number of hydrogen-bond donors (Lipinski definition) is 1. The summed E-state index contributed by atoms with van der Waals surface area (Å²) in [5, 5.41) is 0. The lowest BCUT2D eigenvalue weighted by Crippen LogP contribution is -2.45. The summed E-state index contributed by atoms with van der Waals surface area (Å²) in [6.45, 7) is 13.8. The first-order chi connectivity index (χ1) is 16.5. The molecule has 2 aromatic carbocycles. The second-order valence-electron chi connectivity index (χ2n) is 10.1. The molecule has 1 N–H and O–H groups in total. The number of fused-ring (bicyclic) bond motifs is 1. The normalized spacial score (nSPS) is 20.4. The molecule has 2 heterocycles. The van der Waals surface area contributed by atoms with Gasteiger partial charge in [-0.15, -0.1) is 0 Å².